The van der Waals surface area contributed by atoms with Gasteiger partial charge in [0.25, 0.3) is 5.91 Å². The smallest absolute Gasteiger partial charge is 0.328 e. The Balaban J connectivity index is 1.54. The van der Waals surface area contributed by atoms with E-state index in [0.29, 0.717) is 25.1 Å². The van der Waals surface area contributed by atoms with Crippen molar-refractivity contribution in [3.63, 3.8) is 0 Å². The summed E-state index contributed by atoms with van der Waals surface area (Å²) in [6.45, 7) is 1.11. The van der Waals surface area contributed by atoms with Crippen molar-refractivity contribution in [2.75, 3.05) is 23.4 Å². The lowest BCUT2D eigenvalue weighted by Gasteiger charge is -2.17. The molecule has 4 rings (SSSR count). The van der Waals surface area contributed by atoms with Crippen molar-refractivity contribution in [2.45, 2.75) is 18.9 Å². The second kappa shape index (κ2) is 5.46. The van der Waals surface area contributed by atoms with Crippen LogP contribution in [0.5, 0.6) is 0 Å². The van der Waals surface area contributed by atoms with Crippen molar-refractivity contribution < 1.29 is 18.7 Å². The third-order valence-corrected chi connectivity index (χ3v) is 4.26. The normalized spacial score (nSPS) is 19.6. The molecule has 118 valence electrons. The summed E-state index contributed by atoms with van der Waals surface area (Å²) in [6, 6.07) is 7.21. The molecule has 1 aromatic heterocycles. The summed E-state index contributed by atoms with van der Waals surface area (Å²) in [4.78, 5) is 25.8. The minimum Gasteiger partial charge on any atom is -0.472 e. The highest BCUT2D eigenvalue weighted by molar-refractivity contribution is 6.07. The lowest BCUT2D eigenvalue weighted by Crippen LogP contribution is -2.28. The second-order valence-electron chi connectivity index (χ2n) is 5.72. The van der Waals surface area contributed by atoms with Crippen LogP contribution in [-0.2, 0) is 16.0 Å². The fourth-order valence-electron chi connectivity index (χ4n) is 3.07. The van der Waals surface area contributed by atoms with Gasteiger partial charge in [0.05, 0.1) is 18.4 Å². The van der Waals surface area contributed by atoms with Crippen LogP contribution < -0.4 is 10.2 Å². The first-order chi connectivity index (χ1) is 11.2. The second-order valence-corrected chi connectivity index (χ2v) is 5.72. The number of carbonyl (C=O) groups is 2. The van der Waals surface area contributed by atoms with Gasteiger partial charge < -0.3 is 19.4 Å². The van der Waals surface area contributed by atoms with Crippen LogP contribution >= 0.6 is 0 Å². The monoisotopic (exact) mass is 312 g/mol. The van der Waals surface area contributed by atoms with E-state index in [2.05, 4.69) is 5.32 Å². The van der Waals surface area contributed by atoms with E-state index in [1.807, 2.05) is 18.2 Å². The van der Waals surface area contributed by atoms with Crippen LogP contribution in [0.2, 0.25) is 0 Å². The minimum atomic E-state index is -0.280. The van der Waals surface area contributed by atoms with Gasteiger partial charge in [-0.1, -0.05) is 0 Å². The van der Waals surface area contributed by atoms with Crippen molar-refractivity contribution in [2.24, 2.45) is 0 Å². The molecule has 0 spiro atoms. The molecule has 0 aliphatic carbocycles. The number of furan rings is 1. The van der Waals surface area contributed by atoms with Gasteiger partial charge in [0.2, 0.25) is 0 Å². The van der Waals surface area contributed by atoms with E-state index in [1.165, 1.54) is 12.5 Å². The highest BCUT2D eigenvalue weighted by Gasteiger charge is 2.28. The number of rotatable bonds is 3. The summed E-state index contributed by atoms with van der Waals surface area (Å²) in [6.07, 6.45) is 4.43. The van der Waals surface area contributed by atoms with Crippen molar-refractivity contribution >= 4 is 23.3 Å². The number of ether oxygens (including phenoxy) is 1. The number of benzene rings is 1. The Morgan fingerprint density at radius 1 is 1.30 bits per heavy atom. The van der Waals surface area contributed by atoms with Crippen LogP contribution in [0.15, 0.2) is 41.2 Å². The first-order valence-corrected chi connectivity index (χ1v) is 7.62. The van der Waals surface area contributed by atoms with Crippen LogP contribution in [0, 0.1) is 0 Å². The van der Waals surface area contributed by atoms with Crippen LogP contribution in [0.3, 0.4) is 0 Å². The molecule has 23 heavy (non-hydrogen) atoms. The minimum absolute atomic E-state index is 0.0578. The summed E-state index contributed by atoms with van der Waals surface area (Å²) in [5, 5.41) is 3.20. The van der Waals surface area contributed by atoms with Crippen LogP contribution in [0.25, 0.3) is 0 Å². The van der Waals surface area contributed by atoms with E-state index in [-0.39, 0.29) is 17.9 Å². The van der Waals surface area contributed by atoms with Gasteiger partial charge in [-0.15, -0.1) is 0 Å². The molecule has 0 bridgehead atoms. The van der Waals surface area contributed by atoms with E-state index in [0.717, 1.165) is 23.4 Å². The molecule has 1 N–H and O–H groups in total. The van der Waals surface area contributed by atoms with Gasteiger partial charge in [-0.05, 0) is 36.2 Å². The highest BCUT2D eigenvalue weighted by atomic mass is 16.5. The fourth-order valence-corrected chi connectivity index (χ4v) is 3.07. The number of esters is 1. The summed E-state index contributed by atoms with van der Waals surface area (Å²) >= 11 is 0. The number of amides is 1. The lowest BCUT2D eigenvalue weighted by atomic mass is 10.1. The molecule has 1 atom stereocenters. The molecule has 1 unspecified atom stereocenters. The molecule has 6 heteroatoms. The molecule has 2 aliphatic heterocycles. The largest absolute Gasteiger partial charge is 0.472 e. The maximum absolute atomic E-state index is 12.5. The van der Waals surface area contributed by atoms with Crippen molar-refractivity contribution in [1.29, 1.82) is 0 Å². The Morgan fingerprint density at radius 3 is 2.96 bits per heavy atom. The predicted molar refractivity (Wildman–Crippen MR) is 83.5 cm³/mol. The van der Waals surface area contributed by atoms with Gasteiger partial charge in [0, 0.05) is 24.3 Å². The maximum atomic E-state index is 12.5. The van der Waals surface area contributed by atoms with Crippen LogP contribution in [0.4, 0.5) is 11.4 Å². The molecule has 2 aliphatic rings. The van der Waals surface area contributed by atoms with Crippen LogP contribution in [-0.4, -0.2) is 31.1 Å². The quantitative estimate of drug-likeness (QED) is 0.880. The number of hydrogen-bond acceptors (Lipinski definition) is 5. The summed E-state index contributed by atoms with van der Waals surface area (Å²) in [5.41, 5.74) is 3.44. The lowest BCUT2D eigenvalue weighted by molar-refractivity contribution is -0.138. The number of hydrogen-bond donors (Lipinski definition) is 1. The molecule has 1 amide bonds. The van der Waals surface area contributed by atoms with E-state index in [9.17, 15) is 9.59 Å². The zero-order valence-corrected chi connectivity index (χ0v) is 12.5. The molecule has 1 aromatic carbocycles. The van der Waals surface area contributed by atoms with Gasteiger partial charge >= 0.3 is 5.97 Å². The van der Waals surface area contributed by atoms with E-state index in [1.54, 1.807) is 11.0 Å². The Morgan fingerprint density at radius 2 is 2.22 bits per heavy atom. The number of anilines is 2. The zero-order chi connectivity index (χ0) is 15.8. The Kier molecular flexibility index (Phi) is 3.29. The van der Waals surface area contributed by atoms with Crippen molar-refractivity contribution in [3.05, 3.63) is 47.9 Å². The molecule has 0 saturated carbocycles. The van der Waals surface area contributed by atoms with Crippen molar-refractivity contribution in [1.82, 2.24) is 0 Å². The first-order valence-electron chi connectivity index (χ1n) is 7.62. The molecular weight excluding hydrogens is 296 g/mol. The highest BCUT2D eigenvalue weighted by Crippen LogP contribution is 2.32. The first kappa shape index (κ1) is 13.9. The average molecular weight is 312 g/mol. The summed E-state index contributed by atoms with van der Waals surface area (Å²) < 4.78 is 9.94. The van der Waals surface area contributed by atoms with Gasteiger partial charge in [0.15, 0.2) is 0 Å². The predicted octanol–water partition coefficient (Wildman–Crippen LogP) is 2.21. The number of nitrogens with zero attached hydrogens (tertiary/aromatic N) is 1. The summed E-state index contributed by atoms with van der Waals surface area (Å²) in [5.74, 6) is -0.264. The Labute approximate surface area is 133 Å². The number of fused-ring (bicyclic) bond motifs is 1. The number of carbonyl (C=O) groups excluding carboxylic acids is 2. The molecule has 1 fully saturated rings. The number of cyclic esters (lactones) is 1. The third kappa shape index (κ3) is 2.46. The fraction of sp³-hybridized carbons (Fsp3) is 0.294. The molecule has 6 nitrogen and oxygen atoms in total. The third-order valence-electron chi connectivity index (χ3n) is 4.26. The standard InChI is InChI=1S/C17H16N2O4/c20-16(12-4-7-22-10-12)19-6-3-11-9-13(1-2-15(11)19)18-14-5-8-23-17(14)21/h1-2,4,7,9-10,14,18H,3,5-6,8H2. The summed E-state index contributed by atoms with van der Waals surface area (Å²) in [7, 11) is 0. The Hall–Kier alpha value is -2.76. The van der Waals surface area contributed by atoms with Gasteiger partial charge in [-0.3, -0.25) is 4.79 Å². The average Bonchev–Trinajstić information content (AvgIpc) is 3.28. The molecule has 1 saturated heterocycles. The van der Waals surface area contributed by atoms with E-state index >= 15 is 0 Å². The molecule has 3 heterocycles. The van der Waals surface area contributed by atoms with Crippen LogP contribution in [0.1, 0.15) is 22.3 Å². The topological polar surface area (TPSA) is 71.8 Å². The Bertz CT molecular complexity index is 754. The molecule has 2 aromatic rings. The molecular formula is C17H16N2O4. The van der Waals surface area contributed by atoms with E-state index < -0.39 is 0 Å². The van der Waals surface area contributed by atoms with E-state index in [4.69, 9.17) is 9.15 Å². The van der Waals surface area contributed by atoms with Gasteiger partial charge in [-0.2, -0.15) is 0 Å². The SMILES string of the molecule is O=C1OCCC1Nc1ccc2c(c1)CCN2C(=O)c1ccoc1. The van der Waals surface area contributed by atoms with Gasteiger partial charge in [0.1, 0.15) is 12.3 Å². The van der Waals surface area contributed by atoms with Gasteiger partial charge in [-0.25, -0.2) is 4.79 Å². The number of nitrogens with one attached hydrogen (secondary N) is 1. The zero-order valence-electron chi connectivity index (χ0n) is 12.5. The molecule has 0 radical (unpaired) electrons. The maximum Gasteiger partial charge on any atom is 0.328 e. The van der Waals surface area contributed by atoms with Crippen molar-refractivity contribution in [3.8, 4) is 0 Å².